The van der Waals surface area contributed by atoms with E-state index < -0.39 is 0 Å². The van der Waals surface area contributed by atoms with Crippen LogP contribution >= 0.6 is 0 Å². The minimum Gasteiger partial charge on any atom is -0.497 e. The molecule has 2 aliphatic heterocycles. The van der Waals surface area contributed by atoms with Crippen LogP contribution in [-0.4, -0.2) is 24.4 Å². The van der Waals surface area contributed by atoms with Gasteiger partial charge in [0.25, 0.3) is 0 Å². The van der Waals surface area contributed by atoms with Crippen LogP contribution in [-0.2, 0) is 0 Å². The van der Waals surface area contributed by atoms with E-state index in [1.165, 1.54) is 0 Å². The van der Waals surface area contributed by atoms with Gasteiger partial charge in [0.1, 0.15) is 17.2 Å². The standard InChI is InChI=1S/C25H24N2O3/c1-3-29-23-10-6-5-9-20(23)25-27-22(19-8-4-7-11-24(19)30-25)16-21(26-27)17-12-14-18(28-2)15-13-17/h4-15,22,25H,3,16H2,1-2H3/t22-,25+/m0/s1. The van der Waals surface area contributed by atoms with Crippen LogP contribution in [0.4, 0.5) is 0 Å². The van der Waals surface area contributed by atoms with Crippen molar-refractivity contribution in [2.45, 2.75) is 25.6 Å². The van der Waals surface area contributed by atoms with Gasteiger partial charge in [-0.1, -0.05) is 30.3 Å². The number of hydrazone groups is 1. The molecule has 0 bridgehead atoms. The van der Waals surface area contributed by atoms with Crippen molar-refractivity contribution in [3.63, 3.8) is 0 Å². The van der Waals surface area contributed by atoms with E-state index in [4.69, 9.17) is 19.3 Å². The molecule has 5 heteroatoms. The van der Waals surface area contributed by atoms with Gasteiger partial charge in [-0.2, -0.15) is 5.10 Å². The first-order valence-corrected chi connectivity index (χ1v) is 10.3. The first kappa shape index (κ1) is 18.6. The van der Waals surface area contributed by atoms with Crippen LogP contribution in [0.2, 0.25) is 0 Å². The van der Waals surface area contributed by atoms with Crippen molar-refractivity contribution in [3.8, 4) is 17.2 Å². The van der Waals surface area contributed by atoms with Gasteiger partial charge in [0.2, 0.25) is 6.23 Å². The number of benzene rings is 3. The van der Waals surface area contributed by atoms with Gasteiger partial charge in [-0.3, -0.25) is 0 Å². The lowest BCUT2D eigenvalue weighted by atomic mass is 9.96. The summed E-state index contributed by atoms with van der Waals surface area (Å²) >= 11 is 0. The molecule has 3 aromatic carbocycles. The molecule has 0 saturated heterocycles. The lowest BCUT2D eigenvalue weighted by Gasteiger charge is -2.38. The van der Waals surface area contributed by atoms with E-state index >= 15 is 0 Å². The Morgan fingerprint density at radius 2 is 1.70 bits per heavy atom. The number of rotatable bonds is 5. The number of para-hydroxylation sites is 2. The molecule has 3 aromatic rings. The van der Waals surface area contributed by atoms with Gasteiger partial charge in [-0.25, -0.2) is 5.01 Å². The highest BCUT2D eigenvalue weighted by Crippen LogP contribution is 2.48. The van der Waals surface area contributed by atoms with Crippen LogP contribution in [0, 0.1) is 0 Å². The Balaban J connectivity index is 1.57. The number of nitrogens with zero attached hydrogens (tertiary/aromatic N) is 2. The molecule has 2 aliphatic rings. The molecule has 0 aliphatic carbocycles. The normalized spacial score (nSPS) is 19.4. The minimum atomic E-state index is -0.344. The largest absolute Gasteiger partial charge is 0.497 e. The quantitative estimate of drug-likeness (QED) is 0.580. The fourth-order valence-electron chi connectivity index (χ4n) is 4.17. The predicted molar refractivity (Wildman–Crippen MR) is 116 cm³/mol. The second-order valence-corrected chi connectivity index (χ2v) is 7.35. The molecule has 0 amide bonds. The van der Waals surface area contributed by atoms with Gasteiger partial charge in [0.15, 0.2) is 0 Å². The van der Waals surface area contributed by atoms with Crippen LogP contribution in [0.1, 0.15) is 42.3 Å². The number of hydrogen-bond acceptors (Lipinski definition) is 5. The van der Waals surface area contributed by atoms with E-state index in [2.05, 4.69) is 35.3 Å². The first-order chi connectivity index (χ1) is 14.8. The van der Waals surface area contributed by atoms with Crippen LogP contribution in [0.5, 0.6) is 17.2 Å². The summed E-state index contributed by atoms with van der Waals surface area (Å²) in [5, 5.41) is 7.11. The molecule has 2 atom stereocenters. The highest BCUT2D eigenvalue weighted by Gasteiger charge is 2.41. The highest BCUT2D eigenvalue weighted by atomic mass is 16.5. The van der Waals surface area contributed by atoms with Crippen molar-refractivity contribution in [1.82, 2.24) is 5.01 Å². The predicted octanol–water partition coefficient (Wildman–Crippen LogP) is 5.34. The smallest absolute Gasteiger partial charge is 0.217 e. The van der Waals surface area contributed by atoms with E-state index in [1.807, 2.05) is 49.4 Å². The van der Waals surface area contributed by atoms with Crippen molar-refractivity contribution in [2.75, 3.05) is 13.7 Å². The third-order valence-corrected chi connectivity index (χ3v) is 5.61. The van der Waals surface area contributed by atoms with Crippen LogP contribution in [0.15, 0.2) is 77.9 Å². The molecule has 0 N–H and O–H groups in total. The topological polar surface area (TPSA) is 43.3 Å². The maximum absolute atomic E-state index is 6.46. The monoisotopic (exact) mass is 400 g/mol. The number of methoxy groups -OCH3 is 1. The Labute approximate surface area is 176 Å². The van der Waals surface area contributed by atoms with Crippen molar-refractivity contribution >= 4 is 5.71 Å². The summed E-state index contributed by atoms with van der Waals surface area (Å²) in [7, 11) is 1.68. The molecule has 0 spiro atoms. The highest BCUT2D eigenvalue weighted by molar-refractivity contribution is 6.02. The average molecular weight is 400 g/mol. The second kappa shape index (κ2) is 7.75. The van der Waals surface area contributed by atoms with E-state index in [-0.39, 0.29) is 12.3 Å². The van der Waals surface area contributed by atoms with Crippen LogP contribution in [0.25, 0.3) is 0 Å². The maximum Gasteiger partial charge on any atom is 0.217 e. The molecule has 0 aromatic heterocycles. The van der Waals surface area contributed by atoms with E-state index in [0.29, 0.717) is 6.61 Å². The van der Waals surface area contributed by atoms with Crippen molar-refractivity contribution in [2.24, 2.45) is 5.10 Å². The van der Waals surface area contributed by atoms with E-state index in [9.17, 15) is 0 Å². The number of hydrogen-bond donors (Lipinski definition) is 0. The van der Waals surface area contributed by atoms with Crippen LogP contribution < -0.4 is 14.2 Å². The van der Waals surface area contributed by atoms with Gasteiger partial charge < -0.3 is 14.2 Å². The van der Waals surface area contributed by atoms with Gasteiger partial charge in [0, 0.05) is 12.0 Å². The molecule has 0 saturated carbocycles. The fourth-order valence-corrected chi connectivity index (χ4v) is 4.17. The Kier molecular flexibility index (Phi) is 4.79. The van der Waals surface area contributed by atoms with Crippen LogP contribution in [0.3, 0.4) is 0 Å². The Hall–Kier alpha value is -3.47. The summed E-state index contributed by atoms with van der Waals surface area (Å²) in [5.41, 5.74) is 4.29. The molecule has 0 radical (unpaired) electrons. The summed E-state index contributed by atoms with van der Waals surface area (Å²) in [6.45, 7) is 2.59. The fraction of sp³-hybridized carbons (Fsp3) is 0.240. The molecular formula is C25H24N2O3. The number of ether oxygens (including phenoxy) is 3. The third-order valence-electron chi connectivity index (χ3n) is 5.61. The summed E-state index contributed by atoms with van der Waals surface area (Å²) in [5.74, 6) is 2.57. The molecule has 152 valence electrons. The average Bonchev–Trinajstić information content (AvgIpc) is 3.25. The van der Waals surface area contributed by atoms with Crippen molar-refractivity contribution < 1.29 is 14.2 Å². The second-order valence-electron chi connectivity index (χ2n) is 7.35. The molecular weight excluding hydrogens is 376 g/mol. The molecule has 0 fully saturated rings. The molecule has 2 heterocycles. The Morgan fingerprint density at radius 3 is 2.47 bits per heavy atom. The summed E-state index contributed by atoms with van der Waals surface area (Å²) in [6, 6.07) is 24.5. The summed E-state index contributed by atoms with van der Waals surface area (Å²) in [6.07, 6.45) is 0.475. The van der Waals surface area contributed by atoms with E-state index in [0.717, 1.165) is 46.1 Å². The third kappa shape index (κ3) is 3.16. The molecule has 5 nitrogen and oxygen atoms in total. The van der Waals surface area contributed by atoms with Gasteiger partial charge in [0.05, 0.1) is 31.0 Å². The van der Waals surface area contributed by atoms with Crippen molar-refractivity contribution in [3.05, 3.63) is 89.5 Å². The van der Waals surface area contributed by atoms with Crippen molar-refractivity contribution in [1.29, 1.82) is 0 Å². The summed E-state index contributed by atoms with van der Waals surface area (Å²) < 4.78 is 17.7. The SMILES string of the molecule is CCOc1ccccc1[C@H]1Oc2ccccc2[C@@H]2CC(c3ccc(OC)cc3)=NN12. The minimum absolute atomic E-state index is 0.117. The Bertz CT molecular complexity index is 1080. The van der Waals surface area contributed by atoms with Gasteiger partial charge >= 0.3 is 0 Å². The lowest BCUT2D eigenvalue weighted by molar-refractivity contribution is -0.0205. The zero-order chi connectivity index (χ0) is 20.5. The zero-order valence-corrected chi connectivity index (χ0v) is 17.1. The zero-order valence-electron chi connectivity index (χ0n) is 17.1. The van der Waals surface area contributed by atoms with Gasteiger partial charge in [-0.15, -0.1) is 0 Å². The molecule has 0 unspecified atom stereocenters. The maximum atomic E-state index is 6.46. The molecule has 30 heavy (non-hydrogen) atoms. The molecule has 5 rings (SSSR count). The number of fused-ring (bicyclic) bond motifs is 3. The summed E-state index contributed by atoms with van der Waals surface area (Å²) in [4.78, 5) is 0. The first-order valence-electron chi connectivity index (χ1n) is 10.3. The lowest BCUT2D eigenvalue weighted by Crippen LogP contribution is -2.34. The van der Waals surface area contributed by atoms with E-state index in [1.54, 1.807) is 7.11 Å². The van der Waals surface area contributed by atoms with Gasteiger partial charge in [-0.05, 0) is 55.0 Å². The Morgan fingerprint density at radius 1 is 0.967 bits per heavy atom.